The molecule has 0 saturated carbocycles. The lowest BCUT2D eigenvalue weighted by Crippen LogP contribution is -2.41. The van der Waals surface area contributed by atoms with Gasteiger partial charge >= 0.3 is 5.97 Å². The predicted octanol–water partition coefficient (Wildman–Crippen LogP) is 2.77. The Labute approximate surface area is 121 Å². The maximum atomic E-state index is 12.5. The van der Waals surface area contributed by atoms with Crippen LogP contribution < -0.4 is 0 Å². The topological polar surface area (TPSA) is 62.5 Å². The molecule has 1 amide bonds. The molecule has 0 bridgehead atoms. The summed E-state index contributed by atoms with van der Waals surface area (Å²) in [5.41, 5.74) is 0.497. The Morgan fingerprint density at radius 1 is 1.37 bits per heavy atom. The molecule has 5 nitrogen and oxygen atoms in total. The molecular formula is C13H19BrN2O3. The first-order valence-corrected chi connectivity index (χ1v) is 6.93. The minimum atomic E-state index is -1.01. The normalized spacial score (nSPS) is 11.1. The summed E-state index contributed by atoms with van der Waals surface area (Å²) >= 11 is 3.35. The van der Waals surface area contributed by atoms with E-state index in [1.165, 1.54) is 4.90 Å². The molecule has 1 heterocycles. The van der Waals surface area contributed by atoms with E-state index in [0.29, 0.717) is 5.69 Å². The molecule has 0 aliphatic heterocycles. The molecule has 106 valence electrons. The van der Waals surface area contributed by atoms with Gasteiger partial charge in [-0.05, 0) is 49.7 Å². The number of aromatic nitrogens is 1. The lowest BCUT2D eigenvalue weighted by Gasteiger charge is -2.26. The Morgan fingerprint density at radius 2 is 1.95 bits per heavy atom. The first kappa shape index (κ1) is 15.8. The van der Waals surface area contributed by atoms with E-state index in [9.17, 15) is 9.59 Å². The largest absolute Gasteiger partial charge is 0.480 e. The van der Waals surface area contributed by atoms with Crippen LogP contribution in [0.5, 0.6) is 0 Å². The van der Waals surface area contributed by atoms with Gasteiger partial charge in [0.25, 0.3) is 5.91 Å². The van der Waals surface area contributed by atoms with Crippen LogP contribution in [-0.4, -0.2) is 39.0 Å². The molecule has 0 spiro atoms. The molecule has 1 N–H and O–H groups in total. The van der Waals surface area contributed by atoms with Crippen LogP contribution in [0, 0.1) is 0 Å². The number of hydrogen-bond acceptors (Lipinski definition) is 2. The Hall–Kier alpha value is -1.30. The van der Waals surface area contributed by atoms with Crippen molar-refractivity contribution in [2.45, 2.75) is 39.8 Å². The number of carbonyl (C=O) groups excluding carboxylic acids is 1. The van der Waals surface area contributed by atoms with Crippen molar-refractivity contribution in [1.82, 2.24) is 9.47 Å². The molecule has 0 unspecified atom stereocenters. The number of hydrogen-bond donors (Lipinski definition) is 1. The fraction of sp³-hybridized carbons (Fsp3) is 0.538. The molecule has 0 fully saturated rings. The van der Waals surface area contributed by atoms with Gasteiger partial charge in [0.1, 0.15) is 12.2 Å². The minimum absolute atomic E-state index is 0.129. The lowest BCUT2D eigenvalue weighted by molar-refractivity contribution is -0.138. The number of carbonyl (C=O) groups is 2. The van der Waals surface area contributed by atoms with Gasteiger partial charge in [-0.3, -0.25) is 9.59 Å². The highest BCUT2D eigenvalue weighted by Crippen LogP contribution is 2.21. The van der Waals surface area contributed by atoms with Crippen LogP contribution in [0.25, 0.3) is 0 Å². The summed E-state index contributed by atoms with van der Waals surface area (Å²) in [5.74, 6) is -1.28. The van der Waals surface area contributed by atoms with Crippen molar-refractivity contribution in [3.05, 3.63) is 22.4 Å². The van der Waals surface area contributed by atoms with Gasteiger partial charge in [-0.1, -0.05) is 0 Å². The van der Waals surface area contributed by atoms with Gasteiger partial charge in [0.2, 0.25) is 0 Å². The molecule has 0 aromatic carbocycles. The fourth-order valence-electron chi connectivity index (χ4n) is 1.83. The van der Waals surface area contributed by atoms with Crippen molar-refractivity contribution in [3.8, 4) is 0 Å². The highest BCUT2D eigenvalue weighted by Gasteiger charge is 2.24. The van der Waals surface area contributed by atoms with E-state index in [0.717, 1.165) is 4.47 Å². The van der Waals surface area contributed by atoms with Crippen LogP contribution in [0.3, 0.4) is 0 Å². The van der Waals surface area contributed by atoms with Crippen molar-refractivity contribution in [2.24, 2.45) is 0 Å². The number of nitrogens with zero attached hydrogens (tertiary/aromatic N) is 2. The third-order valence-corrected chi connectivity index (χ3v) is 3.21. The molecule has 19 heavy (non-hydrogen) atoms. The number of aliphatic carboxylic acids is 1. The summed E-state index contributed by atoms with van der Waals surface area (Å²) < 4.78 is 2.65. The molecular weight excluding hydrogens is 312 g/mol. The van der Waals surface area contributed by atoms with Crippen molar-refractivity contribution in [2.75, 3.05) is 6.54 Å². The standard InChI is InChI=1S/C13H19BrN2O3/c1-8(2)15-6-10(14)5-11(15)13(19)16(9(3)4)7-12(17)18/h5-6,8-9H,7H2,1-4H3,(H,17,18). The number of carboxylic acid groups (broad SMARTS) is 1. The Balaban J connectivity index is 3.12. The summed E-state index contributed by atoms with van der Waals surface area (Å²) in [6, 6.07) is 1.68. The fourth-order valence-corrected chi connectivity index (χ4v) is 2.26. The molecule has 0 radical (unpaired) electrons. The van der Waals surface area contributed by atoms with Crippen molar-refractivity contribution in [1.29, 1.82) is 0 Å². The summed E-state index contributed by atoms with van der Waals surface area (Å²) in [7, 11) is 0. The van der Waals surface area contributed by atoms with Crippen molar-refractivity contribution >= 4 is 27.8 Å². The first-order valence-electron chi connectivity index (χ1n) is 6.14. The van der Waals surface area contributed by atoms with Crippen LogP contribution in [0.15, 0.2) is 16.7 Å². The van der Waals surface area contributed by atoms with Crippen LogP contribution in [0.2, 0.25) is 0 Å². The van der Waals surface area contributed by atoms with E-state index in [4.69, 9.17) is 5.11 Å². The molecule has 0 aliphatic carbocycles. The van der Waals surface area contributed by atoms with Gasteiger partial charge in [0.05, 0.1) is 0 Å². The highest BCUT2D eigenvalue weighted by atomic mass is 79.9. The van der Waals surface area contributed by atoms with Gasteiger partial charge in [-0.25, -0.2) is 0 Å². The summed E-state index contributed by atoms with van der Waals surface area (Å²) in [6.07, 6.45) is 1.83. The van der Waals surface area contributed by atoms with E-state index in [-0.39, 0.29) is 24.5 Å². The van der Waals surface area contributed by atoms with Gasteiger partial charge in [-0.15, -0.1) is 0 Å². The zero-order valence-corrected chi connectivity index (χ0v) is 13.1. The monoisotopic (exact) mass is 330 g/mol. The van der Waals surface area contributed by atoms with Gasteiger partial charge in [0.15, 0.2) is 0 Å². The zero-order valence-electron chi connectivity index (χ0n) is 11.6. The Kier molecular flexibility index (Phi) is 5.17. The Bertz CT molecular complexity index is 480. The average Bonchev–Trinajstić information content (AvgIpc) is 2.67. The first-order chi connectivity index (χ1) is 8.73. The Morgan fingerprint density at radius 3 is 2.37 bits per heavy atom. The van der Waals surface area contributed by atoms with E-state index < -0.39 is 5.97 Å². The molecule has 1 rings (SSSR count). The second-order valence-electron chi connectivity index (χ2n) is 4.97. The number of halogens is 1. The second-order valence-corrected chi connectivity index (χ2v) is 5.88. The predicted molar refractivity (Wildman–Crippen MR) is 76.3 cm³/mol. The molecule has 1 aromatic heterocycles. The molecule has 0 aliphatic rings. The van der Waals surface area contributed by atoms with E-state index >= 15 is 0 Å². The lowest BCUT2D eigenvalue weighted by atomic mass is 10.2. The maximum Gasteiger partial charge on any atom is 0.323 e. The number of rotatable bonds is 5. The minimum Gasteiger partial charge on any atom is -0.480 e. The smallest absolute Gasteiger partial charge is 0.323 e. The summed E-state index contributed by atoms with van der Waals surface area (Å²) in [5, 5.41) is 8.90. The van der Waals surface area contributed by atoms with E-state index in [1.807, 2.05) is 24.6 Å². The van der Waals surface area contributed by atoms with Crippen LogP contribution in [0.1, 0.15) is 44.2 Å². The van der Waals surface area contributed by atoms with E-state index in [2.05, 4.69) is 15.9 Å². The molecule has 0 atom stereocenters. The van der Waals surface area contributed by atoms with Gasteiger partial charge in [0, 0.05) is 22.8 Å². The quantitative estimate of drug-likeness (QED) is 0.902. The SMILES string of the molecule is CC(C)N(CC(=O)O)C(=O)c1cc(Br)cn1C(C)C. The second kappa shape index (κ2) is 6.23. The number of amides is 1. The van der Waals surface area contributed by atoms with Gasteiger partial charge < -0.3 is 14.6 Å². The highest BCUT2D eigenvalue weighted by molar-refractivity contribution is 9.10. The molecule has 6 heteroatoms. The average molecular weight is 331 g/mol. The van der Waals surface area contributed by atoms with Crippen LogP contribution in [0.4, 0.5) is 0 Å². The number of carboxylic acids is 1. The maximum absolute atomic E-state index is 12.5. The summed E-state index contributed by atoms with van der Waals surface area (Å²) in [6.45, 7) is 7.26. The molecule has 1 aromatic rings. The van der Waals surface area contributed by atoms with Gasteiger partial charge in [-0.2, -0.15) is 0 Å². The molecule has 0 saturated heterocycles. The van der Waals surface area contributed by atoms with Crippen molar-refractivity contribution < 1.29 is 14.7 Å². The summed E-state index contributed by atoms with van der Waals surface area (Å²) in [4.78, 5) is 24.7. The third-order valence-electron chi connectivity index (χ3n) is 2.78. The van der Waals surface area contributed by atoms with Crippen molar-refractivity contribution in [3.63, 3.8) is 0 Å². The van der Waals surface area contributed by atoms with Crippen LogP contribution in [-0.2, 0) is 4.79 Å². The zero-order chi connectivity index (χ0) is 14.7. The van der Waals surface area contributed by atoms with E-state index in [1.54, 1.807) is 19.9 Å². The third kappa shape index (κ3) is 3.83. The van der Waals surface area contributed by atoms with Crippen LogP contribution >= 0.6 is 15.9 Å².